The van der Waals surface area contributed by atoms with Crippen molar-refractivity contribution >= 4 is 17.5 Å². The highest BCUT2D eigenvalue weighted by molar-refractivity contribution is 5.91. The predicted molar refractivity (Wildman–Crippen MR) is 84.8 cm³/mol. The van der Waals surface area contributed by atoms with E-state index in [0.717, 1.165) is 36.8 Å². The number of anilines is 2. The molecular weight excluding hydrogens is 295 g/mol. The summed E-state index contributed by atoms with van der Waals surface area (Å²) in [6.45, 7) is 0. The van der Waals surface area contributed by atoms with Crippen molar-refractivity contribution in [2.75, 3.05) is 5.32 Å². The van der Waals surface area contributed by atoms with Crippen molar-refractivity contribution in [1.82, 2.24) is 4.98 Å². The molecule has 1 heterocycles. The molecule has 0 atom stereocenters. The molecule has 5 rings (SSSR count). The molecule has 4 nitrogen and oxygen atoms in total. The Bertz CT molecular complexity index is 783. The van der Waals surface area contributed by atoms with Crippen molar-refractivity contribution in [3.63, 3.8) is 0 Å². The van der Waals surface area contributed by atoms with Gasteiger partial charge in [-0.2, -0.15) is 0 Å². The Kier molecular flexibility index (Phi) is 3.29. The maximum atomic E-state index is 13.4. The lowest BCUT2D eigenvalue weighted by Gasteiger charge is -2.39. The molecule has 0 amide bonds. The lowest BCUT2D eigenvalue weighted by atomic mass is 9.66. The molecule has 1 saturated carbocycles. The second-order valence-corrected chi connectivity index (χ2v) is 6.34. The molecule has 0 saturated heterocycles. The van der Waals surface area contributed by atoms with Gasteiger partial charge in [-0.1, -0.05) is 6.07 Å². The quantitative estimate of drug-likeness (QED) is 0.881. The van der Waals surface area contributed by atoms with Crippen molar-refractivity contribution in [3.8, 4) is 0 Å². The van der Waals surface area contributed by atoms with Gasteiger partial charge < -0.3 is 10.4 Å². The molecule has 3 aliphatic carbocycles. The summed E-state index contributed by atoms with van der Waals surface area (Å²) in [5.74, 6) is 0.0890. The molecule has 2 aromatic rings. The summed E-state index contributed by atoms with van der Waals surface area (Å²) >= 11 is 0. The molecule has 5 heteroatoms. The number of pyridine rings is 1. The third kappa shape index (κ3) is 2.36. The molecular formula is C18H17FN2O2. The first-order valence-electron chi connectivity index (χ1n) is 7.92. The standard InChI is InChI=1S/C18H17FN2O2/c19-12-2-1-3-13(8-12)21-17-16-11-6-4-10(5-7-11)15(16)14(9-20-17)18(22)23/h1-3,8-11H,4-7H2,(H,20,21)(H,22,23). The molecule has 23 heavy (non-hydrogen) atoms. The molecule has 0 radical (unpaired) electrons. The van der Waals surface area contributed by atoms with Crippen LogP contribution < -0.4 is 5.32 Å². The van der Waals surface area contributed by atoms with Crippen molar-refractivity contribution in [2.45, 2.75) is 37.5 Å². The number of rotatable bonds is 3. The molecule has 1 aromatic carbocycles. The number of carboxylic acid groups (broad SMARTS) is 1. The first-order valence-corrected chi connectivity index (χ1v) is 7.92. The van der Waals surface area contributed by atoms with E-state index in [1.54, 1.807) is 12.1 Å². The van der Waals surface area contributed by atoms with E-state index in [9.17, 15) is 14.3 Å². The zero-order chi connectivity index (χ0) is 16.0. The number of fused-ring (bicyclic) bond motifs is 2. The Morgan fingerprint density at radius 1 is 1.17 bits per heavy atom. The second-order valence-electron chi connectivity index (χ2n) is 6.34. The first-order chi connectivity index (χ1) is 11.1. The molecule has 1 aromatic heterocycles. The lowest BCUT2D eigenvalue weighted by Crippen LogP contribution is -2.26. The molecule has 118 valence electrons. The van der Waals surface area contributed by atoms with Crippen molar-refractivity contribution in [2.24, 2.45) is 0 Å². The Balaban J connectivity index is 1.83. The average molecular weight is 312 g/mol. The smallest absolute Gasteiger partial charge is 0.337 e. The fourth-order valence-corrected chi connectivity index (χ4v) is 4.04. The monoisotopic (exact) mass is 312 g/mol. The summed E-state index contributed by atoms with van der Waals surface area (Å²) in [4.78, 5) is 15.9. The van der Waals surface area contributed by atoms with Crippen LogP contribution >= 0.6 is 0 Å². The number of hydrogen-bond donors (Lipinski definition) is 2. The minimum Gasteiger partial charge on any atom is -0.478 e. The predicted octanol–water partition coefficient (Wildman–Crippen LogP) is 4.42. The highest BCUT2D eigenvalue weighted by Gasteiger charge is 2.38. The Morgan fingerprint density at radius 3 is 2.52 bits per heavy atom. The van der Waals surface area contributed by atoms with E-state index in [2.05, 4.69) is 10.3 Å². The van der Waals surface area contributed by atoms with Gasteiger partial charge in [-0.25, -0.2) is 14.2 Å². The van der Waals surface area contributed by atoms with E-state index in [4.69, 9.17) is 0 Å². The van der Waals surface area contributed by atoms with Gasteiger partial charge >= 0.3 is 5.97 Å². The summed E-state index contributed by atoms with van der Waals surface area (Å²) in [6.07, 6.45) is 5.66. The van der Waals surface area contributed by atoms with Crippen LogP contribution in [0.25, 0.3) is 0 Å². The van der Waals surface area contributed by atoms with Gasteiger partial charge in [-0.3, -0.25) is 0 Å². The average Bonchev–Trinajstić information content (AvgIpc) is 2.56. The van der Waals surface area contributed by atoms with Gasteiger partial charge in [-0.05, 0) is 61.3 Å². The van der Waals surface area contributed by atoms with Crippen LogP contribution in [0.4, 0.5) is 15.9 Å². The maximum Gasteiger partial charge on any atom is 0.337 e. The van der Waals surface area contributed by atoms with Gasteiger partial charge in [-0.15, -0.1) is 0 Å². The molecule has 3 aliphatic rings. The van der Waals surface area contributed by atoms with Crippen molar-refractivity contribution < 1.29 is 14.3 Å². The van der Waals surface area contributed by atoms with Crippen LogP contribution in [-0.2, 0) is 0 Å². The van der Waals surface area contributed by atoms with Gasteiger partial charge in [0.2, 0.25) is 0 Å². The number of aromatic carboxylic acids is 1. The maximum absolute atomic E-state index is 13.4. The van der Waals surface area contributed by atoms with Crippen LogP contribution in [0.5, 0.6) is 0 Å². The topological polar surface area (TPSA) is 62.2 Å². The zero-order valence-corrected chi connectivity index (χ0v) is 12.6. The minimum absolute atomic E-state index is 0.303. The third-order valence-electron chi connectivity index (χ3n) is 5.02. The first kappa shape index (κ1) is 14.2. The SMILES string of the molecule is O=C(O)c1cnc(Nc2cccc(F)c2)c2c1C1CCC2CC1. The summed E-state index contributed by atoms with van der Waals surface area (Å²) in [7, 11) is 0. The summed E-state index contributed by atoms with van der Waals surface area (Å²) in [5, 5.41) is 12.7. The second kappa shape index (κ2) is 5.33. The van der Waals surface area contributed by atoms with Gasteiger partial charge in [0.15, 0.2) is 0 Å². The molecule has 0 spiro atoms. The largest absolute Gasteiger partial charge is 0.478 e. The van der Waals surface area contributed by atoms with Gasteiger partial charge in [0, 0.05) is 17.4 Å². The number of nitrogens with zero attached hydrogens (tertiary/aromatic N) is 1. The van der Waals surface area contributed by atoms with Crippen LogP contribution in [0.3, 0.4) is 0 Å². The highest BCUT2D eigenvalue weighted by atomic mass is 19.1. The summed E-state index contributed by atoms with van der Waals surface area (Å²) in [5.41, 5.74) is 2.91. The fraction of sp³-hybridized carbons (Fsp3) is 0.333. The Morgan fingerprint density at radius 2 is 1.87 bits per heavy atom. The lowest BCUT2D eigenvalue weighted by molar-refractivity contribution is 0.0693. The van der Waals surface area contributed by atoms with Crippen LogP contribution in [0.1, 0.15) is 59.0 Å². The number of halogens is 1. The van der Waals surface area contributed by atoms with Crippen LogP contribution in [0.15, 0.2) is 30.5 Å². The van der Waals surface area contributed by atoms with Crippen LogP contribution in [-0.4, -0.2) is 16.1 Å². The van der Waals surface area contributed by atoms with E-state index >= 15 is 0 Å². The Hall–Kier alpha value is -2.43. The summed E-state index contributed by atoms with van der Waals surface area (Å²) < 4.78 is 13.4. The van der Waals surface area contributed by atoms with Gasteiger partial charge in [0.1, 0.15) is 11.6 Å². The van der Waals surface area contributed by atoms with Crippen molar-refractivity contribution in [1.29, 1.82) is 0 Å². The third-order valence-corrected chi connectivity index (χ3v) is 5.02. The minimum atomic E-state index is -0.918. The van der Waals surface area contributed by atoms with E-state index < -0.39 is 5.97 Å². The number of benzene rings is 1. The van der Waals surface area contributed by atoms with E-state index in [0.29, 0.717) is 28.9 Å². The van der Waals surface area contributed by atoms with E-state index in [-0.39, 0.29) is 5.82 Å². The van der Waals surface area contributed by atoms with Gasteiger partial charge in [0.05, 0.1) is 5.56 Å². The molecule has 2 N–H and O–H groups in total. The number of carboxylic acids is 1. The molecule has 0 unspecified atom stereocenters. The molecule has 0 aliphatic heterocycles. The summed E-state index contributed by atoms with van der Waals surface area (Å²) in [6, 6.07) is 6.23. The van der Waals surface area contributed by atoms with E-state index in [1.807, 2.05) is 0 Å². The number of nitrogens with one attached hydrogen (secondary N) is 1. The van der Waals surface area contributed by atoms with Crippen molar-refractivity contribution in [3.05, 3.63) is 53.0 Å². The Labute approximate surface area is 133 Å². The van der Waals surface area contributed by atoms with Crippen LogP contribution in [0, 0.1) is 5.82 Å². The number of aromatic nitrogens is 1. The van der Waals surface area contributed by atoms with Gasteiger partial charge in [0.25, 0.3) is 0 Å². The zero-order valence-electron chi connectivity index (χ0n) is 12.6. The number of carbonyl (C=O) groups is 1. The highest BCUT2D eigenvalue weighted by Crippen LogP contribution is 2.52. The molecule has 1 fully saturated rings. The van der Waals surface area contributed by atoms with Crippen LogP contribution in [0.2, 0.25) is 0 Å². The molecule has 2 bridgehead atoms. The fourth-order valence-electron chi connectivity index (χ4n) is 4.04. The van der Waals surface area contributed by atoms with E-state index in [1.165, 1.54) is 18.3 Å². The normalized spacial score (nSPS) is 21.8. The number of hydrogen-bond acceptors (Lipinski definition) is 3.